The summed E-state index contributed by atoms with van der Waals surface area (Å²) in [7, 11) is 2.12. The maximum atomic E-state index is 4.07. The zero-order valence-corrected chi connectivity index (χ0v) is 15.3. The van der Waals surface area contributed by atoms with E-state index in [1.165, 1.54) is 43.6 Å². The lowest BCUT2D eigenvalue weighted by Crippen LogP contribution is -2.30. The second kappa shape index (κ2) is 6.07. The summed E-state index contributed by atoms with van der Waals surface area (Å²) in [6.45, 7) is 4.07. The largest absolute Gasteiger partial charge is 0.220 e. The van der Waals surface area contributed by atoms with Crippen LogP contribution in [0.5, 0.6) is 0 Å². The summed E-state index contributed by atoms with van der Waals surface area (Å²) in [5, 5.41) is 7.59. The number of aryl methyl sites for hydroxylation is 1. The van der Waals surface area contributed by atoms with Crippen molar-refractivity contribution in [3.63, 3.8) is 0 Å². The predicted octanol–water partition coefficient (Wildman–Crippen LogP) is 6.28. The van der Waals surface area contributed by atoms with E-state index < -0.39 is 0 Å². The van der Waals surface area contributed by atoms with E-state index in [0.717, 1.165) is 5.56 Å². The van der Waals surface area contributed by atoms with E-state index >= 15 is 0 Å². The van der Waals surface area contributed by atoms with Crippen LogP contribution in [0.15, 0.2) is 91.6 Å². The number of fused-ring (bicyclic) bond motifs is 4. The zero-order chi connectivity index (χ0) is 18.4. The van der Waals surface area contributed by atoms with Crippen LogP contribution in [0, 0.1) is 0 Å². The van der Waals surface area contributed by atoms with Gasteiger partial charge in [0.2, 0.25) is 5.69 Å². The molecular weight excluding hydrogens is 326 g/mol. The van der Waals surface area contributed by atoms with Crippen molar-refractivity contribution in [2.24, 2.45) is 7.05 Å². The molecule has 0 radical (unpaired) electrons. The Balaban J connectivity index is 1.93. The average molecular weight is 346 g/mol. The smallest absolute Gasteiger partial charge is 0.200 e. The van der Waals surface area contributed by atoms with Crippen molar-refractivity contribution in [1.29, 1.82) is 0 Å². The lowest BCUT2D eigenvalue weighted by atomic mass is 9.94. The van der Waals surface area contributed by atoms with Gasteiger partial charge < -0.3 is 0 Å². The quantitative estimate of drug-likeness (QED) is 0.261. The second-order valence-electron chi connectivity index (χ2n) is 7.01. The monoisotopic (exact) mass is 346 g/mol. The minimum absolute atomic E-state index is 1.16. The van der Waals surface area contributed by atoms with Gasteiger partial charge in [-0.3, -0.25) is 0 Å². The first-order valence-electron chi connectivity index (χ1n) is 9.22. The van der Waals surface area contributed by atoms with E-state index in [1.807, 2.05) is 6.08 Å². The fourth-order valence-corrected chi connectivity index (χ4v) is 4.10. The molecule has 0 N–H and O–H groups in total. The molecule has 5 rings (SSSR count). The third kappa shape index (κ3) is 2.43. The van der Waals surface area contributed by atoms with Gasteiger partial charge in [-0.15, -0.1) is 0 Å². The van der Waals surface area contributed by atoms with Crippen molar-refractivity contribution >= 4 is 38.4 Å². The molecule has 0 unspecified atom stereocenters. The molecule has 1 aromatic heterocycles. The number of aromatic nitrogens is 1. The fourth-order valence-electron chi connectivity index (χ4n) is 4.10. The Kier molecular flexibility index (Phi) is 3.54. The van der Waals surface area contributed by atoms with Gasteiger partial charge in [-0.25, -0.2) is 4.57 Å². The molecule has 1 nitrogen and oxygen atoms in total. The van der Waals surface area contributed by atoms with E-state index in [2.05, 4.69) is 103 Å². The van der Waals surface area contributed by atoms with Gasteiger partial charge in [0, 0.05) is 11.5 Å². The zero-order valence-electron chi connectivity index (χ0n) is 15.3. The molecule has 0 spiro atoms. The van der Waals surface area contributed by atoms with Gasteiger partial charge >= 0.3 is 0 Å². The molecule has 0 atom stereocenters. The van der Waals surface area contributed by atoms with Crippen LogP contribution in [0.1, 0.15) is 5.56 Å². The highest BCUT2D eigenvalue weighted by molar-refractivity contribution is 6.11. The van der Waals surface area contributed by atoms with E-state index in [-0.39, 0.29) is 0 Å². The Labute approximate surface area is 158 Å². The van der Waals surface area contributed by atoms with Crippen molar-refractivity contribution in [1.82, 2.24) is 0 Å². The van der Waals surface area contributed by atoms with Crippen LogP contribution in [0.25, 0.3) is 49.7 Å². The highest BCUT2D eigenvalue weighted by Crippen LogP contribution is 2.34. The number of nitrogens with zero attached hydrogens (tertiary/aromatic N) is 1. The Morgan fingerprint density at radius 3 is 2.19 bits per heavy atom. The summed E-state index contributed by atoms with van der Waals surface area (Å²) in [5.41, 5.74) is 3.59. The van der Waals surface area contributed by atoms with Crippen molar-refractivity contribution < 1.29 is 4.57 Å². The van der Waals surface area contributed by atoms with Crippen LogP contribution in [0.3, 0.4) is 0 Å². The van der Waals surface area contributed by atoms with Crippen LogP contribution in [0.2, 0.25) is 0 Å². The summed E-state index contributed by atoms with van der Waals surface area (Å²) in [6, 6.07) is 28.3. The average Bonchev–Trinajstić information content (AvgIpc) is 2.72. The lowest BCUT2D eigenvalue weighted by molar-refractivity contribution is -0.659. The number of hydrogen-bond acceptors (Lipinski definition) is 0. The van der Waals surface area contributed by atoms with E-state index in [0.29, 0.717) is 0 Å². The minimum Gasteiger partial charge on any atom is -0.200 e. The molecule has 0 fully saturated rings. The molecule has 4 aromatic carbocycles. The van der Waals surface area contributed by atoms with Crippen LogP contribution >= 0.6 is 0 Å². The topological polar surface area (TPSA) is 3.88 Å². The third-order valence-electron chi connectivity index (χ3n) is 5.44. The van der Waals surface area contributed by atoms with Crippen molar-refractivity contribution in [3.05, 3.63) is 97.2 Å². The van der Waals surface area contributed by atoms with Gasteiger partial charge in [0.25, 0.3) is 0 Å². The third-order valence-corrected chi connectivity index (χ3v) is 5.44. The SMILES string of the molecule is C=Cc1cc2ccccc2cc1-c1c2ccc3ccccc3c2cc[n+]1C. The first kappa shape index (κ1) is 15.8. The van der Waals surface area contributed by atoms with Crippen LogP contribution < -0.4 is 4.57 Å². The highest BCUT2D eigenvalue weighted by Gasteiger charge is 2.19. The molecular formula is C26H20N+. The summed E-state index contributed by atoms with van der Waals surface area (Å²) in [5.74, 6) is 0. The summed E-state index contributed by atoms with van der Waals surface area (Å²) in [6.07, 6.45) is 4.12. The Hall–Kier alpha value is -3.45. The van der Waals surface area contributed by atoms with Gasteiger partial charge in [0.15, 0.2) is 6.20 Å². The van der Waals surface area contributed by atoms with E-state index in [4.69, 9.17) is 0 Å². The lowest BCUT2D eigenvalue weighted by Gasteiger charge is -2.11. The molecule has 0 saturated carbocycles. The predicted molar refractivity (Wildman–Crippen MR) is 116 cm³/mol. The molecule has 1 heterocycles. The van der Waals surface area contributed by atoms with E-state index in [9.17, 15) is 0 Å². The molecule has 0 aliphatic carbocycles. The van der Waals surface area contributed by atoms with Crippen LogP contribution in [-0.2, 0) is 7.05 Å². The second-order valence-corrected chi connectivity index (χ2v) is 7.01. The molecule has 0 aliphatic heterocycles. The Bertz CT molecular complexity index is 1350. The standard InChI is InChI=1S/C26H20N/c1-3-18-16-20-9-4-5-10-21(20)17-25(18)26-24-13-12-19-8-6-7-11-22(19)23(24)14-15-27(26)2/h3-17H,1H2,2H3/q+1. The molecule has 0 bridgehead atoms. The summed E-state index contributed by atoms with van der Waals surface area (Å²) >= 11 is 0. The van der Waals surface area contributed by atoms with Gasteiger partial charge in [-0.1, -0.05) is 67.3 Å². The Morgan fingerprint density at radius 1 is 0.704 bits per heavy atom. The molecule has 128 valence electrons. The molecule has 27 heavy (non-hydrogen) atoms. The van der Waals surface area contributed by atoms with Gasteiger partial charge in [-0.2, -0.15) is 0 Å². The highest BCUT2D eigenvalue weighted by atomic mass is 14.9. The molecule has 5 aromatic rings. The van der Waals surface area contributed by atoms with Crippen LogP contribution in [-0.4, -0.2) is 0 Å². The summed E-state index contributed by atoms with van der Waals surface area (Å²) in [4.78, 5) is 0. The first-order valence-corrected chi connectivity index (χ1v) is 9.22. The number of rotatable bonds is 2. The van der Waals surface area contributed by atoms with Gasteiger partial charge in [-0.05, 0) is 45.3 Å². The number of pyridine rings is 1. The maximum absolute atomic E-state index is 4.07. The number of benzene rings is 4. The molecule has 0 saturated heterocycles. The Morgan fingerprint density at radius 2 is 1.41 bits per heavy atom. The van der Waals surface area contributed by atoms with Crippen molar-refractivity contribution in [2.75, 3.05) is 0 Å². The molecule has 0 amide bonds. The first-order chi connectivity index (χ1) is 13.3. The van der Waals surface area contributed by atoms with Crippen molar-refractivity contribution in [2.45, 2.75) is 0 Å². The fraction of sp³-hybridized carbons (Fsp3) is 0.0385. The van der Waals surface area contributed by atoms with Crippen LogP contribution in [0.4, 0.5) is 0 Å². The minimum atomic E-state index is 1.16. The molecule has 1 heteroatoms. The maximum Gasteiger partial charge on any atom is 0.220 e. The number of hydrogen-bond donors (Lipinski definition) is 0. The van der Waals surface area contributed by atoms with E-state index in [1.54, 1.807) is 0 Å². The van der Waals surface area contributed by atoms with Gasteiger partial charge in [0.1, 0.15) is 7.05 Å². The normalized spacial score (nSPS) is 11.3. The molecule has 0 aliphatic rings. The van der Waals surface area contributed by atoms with Crippen molar-refractivity contribution in [3.8, 4) is 11.3 Å². The van der Waals surface area contributed by atoms with Gasteiger partial charge in [0.05, 0.1) is 10.9 Å². The summed E-state index contributed by atoms with van der Waals surface area (Å²) < 4.78 is 2.22.